The number of carbonyl (C=O) groups excluding carboxylic acids is 2. The molecule has 0 bridgehead atoms. The molecule has 2 heterocycles. The Labute approximate surface area is 164 Å². The SMILES string of the molecule is CC1=C(C(=O)N2CCOCC2)C(c2cccc(Cl)c2)C2C(=O)CCC=C2N1. The van der Waals surface area contributed by atoms with Crippen LogP contribution in [0.3, 0.4) is 0 Å². The number of hydrogen-bond acceptors (Lipinski definition) is 4. The summed E-state index contributed by atoms with van der Waals surface area (Å²) in [5, 5.41) is 3.95. The molecule has 0 spiro atoms. The largest absolute Gasteiger partial charge is 0.378 e. The Bertz CT molecular complexity index is 840. The summed E-state index contributed by atoms with van der Waals surface area (Å²) in [6.07, 6.45) is 3.33. The van der Waals surface area contributed by atoms with Crippen LogP contribution in [0.5, 0.6) is 0 Å². The van der Waals surface area contributed by atoms with E-state index < -0.39 is 0 Å². The van der Waals surface area contributed by atoms with E-state index in [-0.39, 0.29) is 23.5 Å². The minimum absolute atomic E-state index is 0.0225. The van der Waals surface area contributed by atoms with Crippen molar-refractivity contribution in [3.63, 3.8) is 0 Å². The van der Waals surface area contributed by atoms with Gasteiger partial charge >= 0.3 is 0 Å². The van der Waals surface area contributed by atoms with Gasteiger partial charge in [0, 0.05) is 47.4 Å². The van der Waals surface area contributed by atoms with Gasteiger partial charge in [0.15, 0.2) is 0 Å². The molecule has 142 valence electrons. The van der Waals surface area contributed by atoms with E-state index in [0.29, 0.717) is 43.3 Å². The van der Waals surface area contributed by atoms with Crippen molar-refractivity contribution in [2.45, 2.75) is 25.7 Å². The minimum atomic E-state index is -0.360. The zero-order valence-corrected chi connectivity index (χ0v) is 16.1. The lowest BCUT2D eigenvalue weighted by atomic mass is 9.70. The summed E-state index contributed by atoms with van der Waals surface area (Å²) in [6, 6.07) is 7.52. The molecule has 1 aromatic carbocycles. The lowest BCUT2D eigenvalue weighted by Crippen LogP contribution is -2.47. The van der Waals surface area contributed by atoms with Crippen LogP contribution < -0.4 is 5.32 Å². The van der Waals surface area contributed by atoms with Crippen molar-refractivity contribution in [1.29, 1.82) is 0 Å². The third-order valence-electron chi connectivity index (χ3n) is 5.55. The highest BCUT2D eigenvalue weighted by atomic mass is 35.5. The standard InChI is InChI=1S/C21H23ClN2O3/c1-13-18(21(26)24-8-10-27-11-9-24)19(14-4-2-5-15(22)12-14)20-16(23-13)6-3-7-17(20)25/h2,4-6,12,19-20,23H,3,7-11H2,1H3. The number of ketones is 1. The number of morpholine rings is 1. The summed E-state index contributed by atoms with van der Waals surface area (Å²) >= 11 is 6.24. The van der Waals surface area contributed by atoms with Crippen molar-refractivity contribution in [1.82, 2.24) is 10.2 Å². The van der Waals surface area contributed by atoms with Crippen LogP contribution in [0.4, 0.5) is 0 Å². The van der Waals surface area contributed by atoms with Gasteiger partial charge in [-0.2, -0.15) is 0 Å². The fourth-order valence-corrected chi connectivity index (χ4v) is 4.49. The lowest BCUT2D eigenvalue weighted by molar-refractivity contribution is -0.132. The number of hydrogen-bond donors (Lipinski definition) is 1. The van der Waals surface area contributed by atoms with Gasteiger partial charge in [-0.05, 0) is 31.0 Å². The van der Waals surface area contributed by atoms with Crippen molar-refractivity contribution in [2.24, 2.45) is 5.92 Å². The van der Waals surface area contributed by atoms with E-state index in [1.165, 1.54) is 0 Å². The summed E-state index contributed by atoms with van der Waals surface area (Å²) in [4.78, 5) is 28.1. The molecule has 2 atom stereocenters. The molecule has 1 fully saturated rings. The number of amides is 1. The highest BCUT2D eigenvalue weighted by molar-refractivity contribution is 6.30. The maximum atomic E-state index is 13.4. The molecule has 27 heavy (non-hydrogen) atoms. The summed E-state index contributed by atoms with van der Waals surface area (Å²) in [7, 11) is 0. The Morgan fingerprint density at radius 3 is 2.78 bits per heavy atom. The molecule has 4 rings (SSSR count). The van der Waals surface area contributed by atoms with Gasteiger partial charge in [-0.3, -0.25) is 9.59 Å². The number of nitrogens with zero attached hydrogens (tertiary/aromatic N) is 1. The van der Waals surface area contributed by atoms with Gasteiger partial charge in [0.1, 0.15) is 5.78 Å². The second-order valence-electron chi connectivity index (χ2n) is 7.24. The van der Waals surface area contributed by atoms with Crippen LogP contribution in [0.25, 0.3) is 0 Å². The Morgan fingerprint density at radius 1 is 1.26 bits per heavy atom. The second-order valence-corrected chi connectivity index (χ2v) is 7.68. The first-order chi connectivity index (χ1) is 13.1. The average molecular weight is 387 g/mol. The fraction of sp³-hybridized carbons (Fsp3) is 0.429. The number of nitrogens with one attached hydrogen (secondary N) is 1. The highest BCUT2D eigenvalue weighted by Crippen LogP contribution is 2.44. The van der Waals surface area contributed by atoms with Gasteiger partial charge in [-0.15, -0.1) is 0 Å². The van der Waals surface area contributed by atoms with E-state index in [9.17, 15) is 9.59 Å². The van der Waals surface area contributed by atoms with Crippen molar-refractivity contribution in [3.8, 4) is 0 Å². The van der Waals surface area contributed by atoms with Gasteiger partial charge in [0.25, 0.3) is 5.91 Å². The molecule has 5 nitrogen and oxygen atoms in total. The Balaban J connectivity index is 1.82. The topological polar surface area (TPSA) is 58.6 Å². The van der Waals surface area contributed by atoms with Gasteiger partial charge < -0.3 is 15.0 Å². The molecule has 0 aromatic heterocycles. The molecule has 1 saturated heterocycles. The van der Waals surface area contributed by atoms with Crippen LogP contribution >= 0.6 is 11.6 Å². The number of Topliss-reactive ketones (excluding diaryl/α,β-unsaturated/α-hetero) is 1. The third kappa shape index (κ3) is 3.42. The number of allylic oxidation sites excluding steroid dienone is 3. The van der Waals surface area contributed by atoms with Gasteiger partial charge in [0.05, 0.1) is 19.1 Å². The smallest absolute Gasteiger partial charge is 0.252 e. The molecular weight excluding hydrogens is 364 g/mol. The molecule has 0 radical (unpaired) electrons. The molecule has 3 aliphatic rings. The Kier molecular flexibility index (Phi) is 5.06. The Hall–Kier alpha value is -2.11. The summed E-state index contributed by atoms with van der Waals surface area (Å²) in [5.74, 6) is -0.532. The van der Waals surface area contributed by atoms with Crippen LogP contribution in [-0.4, -0.2) is 42.9 Å². The molecular formula is C21H23ClN2O3. The van der Waals surface area contributed by atoms with E-state index in [4.69, 9.17) is 16.3 Å². The maximum absolute atomic E-state index is 13.4. The number of carbonyl (C=O) groups is 2. The van der Waals surface area contributed by atoms with Crippen LogP contribution in [0.15, 0.2) is 47.3 Å². The normalized spacial score (nSPS) is 25.6. The Morgan fingerprint density at radius 2 is 2.04 bits per heavy atom. The van der Waals surface area contributed by atoms with E-state index in [2.05, 4.69) is 11.4 Å². The predicted molar refractivity (Wildman–Crippen MR) is 103 cm³/mol. The molecule has 2 aliphatic heterocycles. The first-order valence-corrected chi connectivity index (χ1v) is 9.77. The average Bonchev–Trinajstić information content (AvgIpc) is 2.67. The number of benzene rings is 1. The summed E-state index contributed by atoms with van der Waals surface area (Å²) in [6.45, 7) is 4.14. The van der Waals surface area contributed by atoms with Crippen LogP contribution in [0.2, 0.25) is 5.02 Å². The van der Waals surface area contributed by atoms with E-state index >= 15 is 0 Å². The van der Waals surface area contributed by atoms with E-state index in [1.807, 2.05) is 36.1 Å². The highest BCUT2D eigenvalue weighted by Gasteiger charge is 2.43. The van der Waals surface area contributed by atoms with E-state index in [0.717, 1.165) is 23.4 Å². The number of rotatable bonds is 2. The predicted octanol–water partition coefficient (Wildman–Crippen LogP) is 3.02. The molecule has 1 aromatic rings. The van der Waals surface area contributed by atoms with Crippen LogP contribution in [0.1, 0.15) is 31.2 Å². The zero-order chi connectivity index (χ0) is 19.0. The molecule has 0 saturated carbocycles. The molecule has 2 unspecified atom stereocenters. The second kappa shape index (κ2) is 7.49. The number of fused-ring (bicyclic) bond motifs is 1. The zero-order valence-electron chi connectivity index (χ0n) is 15.3. The minimum Gasteiger partial charge on any atom is -0.378 e. The molecule has 6 heteroatoms. The van der Waals surface area contributed by atoms with E-state index in [1.54, 1.807) is 0 Å². The van der Waals surface area contributed by atoms with Crippen molar-refractivity contribution in [2.75, 3.05) is 26.3 Å². The van der Waals surface area contributed by atoms with Gasteiger partial charge in [-0.1, -0.05) is 29.8 Å². The molecule has 1 N–H and O–H groups in total. The van der Waals surface area contributed by atoms with Crippen LogP contribution in [0, 0.1) is 5.92 Å². The molecule has 1 aliphatic carbocycles. The first kappa shape index (κ1) is 18.3. The number of halogens is 1. The van der Waals surface area contributed by atoms with Gasteiger partial charge in [-0.25, -0.2) is 0 Å². The summed E-state index contributed by atoms with van der Waals surface area (Å²) in [5.41, 5.74) is 3.29. The molecule has 1 amide bonds. The first-order valence-electron chi connectivity index (χ1n) is 9.39. The van der Waals surface area contributed by atoms with Crippen molar-refractivity contribution >= 4 is 23.3 Å². The third-order valence-corrected chi connectivity index (χ3v) is 5.79. The monoisotopic (exact) mass is 386 g/mol. The summed E-state index contributed by atoms with van der Waals surface area (Å²) < 4.78 is 5.39. The number of ether oxygens (including phenoxy) is 1. The quantitative estimate of drug-likeness (QED) is 0.848. The van der Waals surface area contributed by atoms with Crippen molar-refractivity contribution < 1.29 is 14.3 Å². The van der Waals surface area contributed by atoms with Crippen molar-refractivity contribution in [3.05, 3.63) is 57.9 Å². The maximum Gasteiger partial charge on any atom is 0.252 e. The van der Waals surface area contributed by atoms with Crippen LogP contribution in [-0.2, 0) is 14.3 Å². The lowest BCUT2D eigenvalue weighted by Gasteiger charge is -2.40. The fourth-order valence-electron chi connectivity index (χ4n) is 4.29. The van der Waals surface area contributed by atoms with Gasteiger partial charge in [0.2, 0.25) is 0 Å².